The van der Waals surface area contributed by atoms with Crippen molar-refractivity contribution in [1.82, 2.24) is 0 Å². The van der Waals surface area contributed by atoms with E-state index in [1.807, 2.05) is 6.07 Å². The van der Waals surface area contributed by atoms with Gasteiger partial charge in [-0.15, -0.1) is 0 Å². The SMILES string of the molecule is CCCCCCCCOc1cccc(O)c1Br. The number of rotatable bonds is 8. The maximum atomic E-state index is 9.47. The van der Waals surface area contributed by atoms with E-state index in [2.05, 4.69) is 22.9 Å². The molecule has 0 saturated carbocycles. The lowest BCUT2D eigenvalue weighted by atomic mass is 10.1. The van der Waals surface area contributed by atoms with E-state index in [1.54, 1.807) is 12.1 Å². The summed E-state index contributed by atoms with van der Waals surface area (Å²) >= 11 is 3.31. The largest absolute Gasteiger partial charge is 0.507 e. The highest BCUT2D eigenvalue weighted by molar-refractivity contribution is 9.10. The van der Waals surface area contributed by atoms with E-state index in [1.165, 1.54) is 32.1 Å². The second kappa shape index (κ2) is 8.40. The number of benzene rings is 1. The lowest BCUT2D eigenvalue weighted by Crippen LogP contribution is -1.97. The molecule has 3 heteroatoms. The lowest BCUT2D eigenvalue weighted by Gasteiger charge is -2.08. The van der Waals surface area contributed by atoms with Crippen molar-refractivity contribution in [2.45, 2.75) is 45.4 Å². The molecule has 0 radical (unpaired) electrons. The Bertz CT molecular complexity index is 326. The van der Waals surface area contributed by atoms with Gasteiger partial charge in [-0.1, -0.05) is 45.1 Å². The van der Waals surface area contributed by atoms with Gasteiger partial charge in [-0.2, -0.15) is 0 Å². The summed E-state index contributed by atoms with van der Waals surface area (Å²) in [6.07, 6.45) is 7.53. The fraction of sp³-hybridized carbons (Fsp3) is 0.571. The molecule has 1 aromatic rings. The third-order valence-corrected chi connectivity index (χ3v) is 3.50. The van der Waals surface area contributed by atoms with Gasteiger partial charge in [0.05, 0.1) is 6.61 Å². The predicted molar refractivity (Wildman–Crippen MR) is 74.7 cm³/mol. The molecular formula is C14H21BrO2. The van der Waals surface area contributed by atoms with Crippen molar-refractivity contribution in [2.24, 2.45) is 0 Å². The summed E-state index contributed by atoms with van der Waals surface area (Å²) in [7, 11) is 0. The molecule has 1 N–H and O–H groups in total. The maximum Gasteiger partial charge on any atom is 0.137 e. The third-order valence-electron chi connectivity index (χ3n) is 2.70. The Labute approximate surface area is 112 Å². The zero-order valence-electron chi connectivity index (χ0n) is 10.4. The fourth-order valence-electron chi connectivity index (χ4n) is 1.68. The van der Waals surface area contributed by atoms with Gasteiger partial charge in [-0.05, 0) is 34.5 Å². The average Bonchev–Trinajstić information content (AvgIpc) is 2.33. The van der Waals surface area contributed by atoms with E-state index in [-0.39, 0.29) is 5.75 Å². The van der Waals surface area contributed by atoms with E-state index in [4.69, 9.17) is 4.74 Å². The van der Waals surface area contributed by atoms with Crippen LogP contribution in [0.4, 0.5) is 0 Å². The van der Waals surface area contributed by atoms with Crippen molar-refractivity contribution < 1.29 is 9.84 Å². The number of phenolic OH excluding ortho intramolecular Hbond substituents is 1. The molecule has 2 nitrogen and oxygen atoms in total. The van der Waals surface area contributed by atoms with Gasteiger partial charge < -0.3 is 9.84 Å². The first kappa shape index (κ1) is 14.4. The summed E-state index contributed by atoms with van der Waals surface area (Å²) < 4.78 is 6.26. The number of aromatic hydroxyl groups is 1. The van der Waals surface area contributed by atoms with Crippen LogP contribution in [0.3, 0.4) is 0 Å². The Morgan fingerprint density at radius 1 is 1.12 bits per heavy atom. The molecular weight excluding hydrogens is 280 g/mol. The summed E-state index contributed by atoms with van der Waals surface area (Å²) in [5.74, 6) is 0.948. The first-order chi connectivity index (χ1) is 8.25. The second-order valence-electron chi connectivity index (χ2n) is 4.21. The van der Waals surface area contributed by atoms with Gasteiger partial charge in [0.2, 0.25) is 0 Å². The molecule has 0 amide bonds. The predicted octanol–water partition coefficient (Wildman–Crippen LogP) is 4.89. The minimum absolute atomic E-state index is 0.227. The molecule has 0 unspecified atom stereocenters. The Hall–Kier alpha value is -0.700. The number of halogens is 1. The van der Waals surface area contributed by atoms with E-state index in [9.17, 15) is 5.11 Å². The second-order valence-corrected chi connectivity index (χ2v) is 5.00. The van der Waals surface area contributed by atoms with Crippen molar-refractivity contribution >= 4 is 15.9 Å². The van der Waals surface area contributed by atoms with Gasteiger partial charge in [0.15, 0.2) is 0 Å². The van der Waals surface area contributed by atoms with Crippen molar-refractivity contribution in [3.63, 3.8) is 0 Å². The monoisotopic (exact) mass is 300 g/mol. The van der Waals surface area contributed by atoms with Crippen LogP contribution in [0.1, 0.15) is 45.4 Å². The average molecular weight is 301 g/mol. The van der Waals surface area contributed by atoms with Crippen molar-refractivity contribution in [1.29, 1.82) is 0 Å². The molecule has 1 aromatic carbocycles. The highest BCUT2D eigenvalue weighted by atomic mass is 79.9. The van der Waals surface area contributed by atoms with Crippen LogP contribution >= 0.6 is 15.9 Å². The Balaban J connectivity index is 2.16. The van der Waals surface area contributed by atoms with Crippen LogP contribution in [0.2, 0.25) is 0 Å². The van der Waals surface area contributed by atoms with Crippen LogP contribution in [0.15, 0.2) is 22.7 Å². The van der Waals surface area contributed by atoms with Gasteiger partial charge >= 0.3 is 0 Å². The Morgan fingerprint density at radius 3 is 2.59 bits per heavy atom. The number of hydrogen-bond acceptors (Lipinski definition) is 2. The molecule has 0 aliphatic carbocycles. The van der Waals surface area contributed by atoms with Gasteiger partial charge in [0.25, 0.3) is 0 Å². The van der Waals surface area contributed by atoms with E-state index in [0.717, 1.165) is 12.2 Å². The normalized spacial score (nSPS) is 10.5. The molecule has 96 valence electrons. The summed E-state index contributed by atoms with van der Waals surface area (Å²) in [5.41, 5.74) is 0. The van der Waals surface area contributed by atoms with Crippen molar-refractivity contribution in [2.75, 3.05) is 6.61 Å². The molecule has 0 aliphatic heterocycles. The molecule has 0 saturated heterocycles. The zero-order chi connectivity index (χ0) is 12.5. The molecule has 0 aliphatic rings. The van der Waals surface area contributed by atoms with Crippen molar-refractivity contribution in [3.05, 3.63) is 22.7 Å². The van der Waals surface area contributed by atoms with E-state index >= 15 is 0 Å². The van der Waals surface area contributed by atoms with Gasteiger partial charge in [-0.3, -0.25) is 0 Å². The zero-order valence-corrected chi connectivity index (χ0v) is 12.0. The highest BCUT2D eigenvalue weighted by Crippen LogP contribution is 2.33. The topological polar surface area (TPSA) is 29.5 Å². The summed E-state index contributed by atoms with van der Waals surface area (Å²) in [6, 6.07) is 5.29. The number of phenols is 1. The third kappa shape index (κ3) is 5.44. The number of hydrogen-bond donors (Lipinski definition) is 1. The molecule has 0 bridgehead atoms. The molecule has 0 aromatic heterocycles. The van der Waals surface area contributed by atoms with Crippen LogP contribution in [0, 0.1) is 0 Å². The van der Waals surface area contributed by atoms with Crippen LogP contribution in [0.5, 0.6) is 11.5 Å². The van der Waals surface area contributed by atoms with E-state index in [0.29, 0.717) is 11.1 Å². The number of ether oxygens (including phenoxy) is 1. The Kier molecular flexibility index (Phi) is 7.10. The molecule has 0 atom stereocenters. The molecule has 0 fully saturated rings. The molecule has 0 spiro atoms. The van der Waals surface area contributed by atoms with Crippen LogP contribution in [-0.2, 0) is 0 Å². The standard InChI is InChI=1S/C14H21BrO2/c1-2-3-4-5-6-7-11-17-13-10-8-9-12(16)14(13)15/h8-10,16H,2-7,11H2,1H3. The minimum Gasteiger partial charge on any atom is -0.507 e. The first-order valence-corrected chi connectivity index (χ1v) is 7.15. The number of unbranched alkanes of at least 4 members (excludes halogenated alkanes) is 5. The van der Waals surface area contributed by atoms with Gasteiger partial charge in [0, 0.05) is 0 Å². The summed E-state index contributed by atoms with van der Waals surface area (Å²) in [6.45, 7) is 2.94. The van der Waals surface area contributed by atoms with Crippen LogP contribution in [0.25, 0.3) is 0 Å². The van der Waals surface area contributed by atoms with Gasteiger partial charge in [0.1, 0.15) is 16.0 Å². The smallest absolute Gasteiger partial charge is 0.137 e. The Morgan fingerprint density at radius 2 is 1.82 bits per heavy atom. The maximum absolute atomic E-state index is 9.47. The highest BCUT2D eigenvalue weighted by Gasteiger charge is 2.04. The molecule has 17 heavy (non-hydrogen) atoms. The lowest BCUT2D eigenvalue weighted by molar-refractivity contribution is 0.300. The summed E-state index contributed by atoms with van der Waals surface area (Å²) in [5, 5.41) is 9.47. The fourth-order valence-corrected chi connectivity index (χ4v) is 2.05. The molecule has 1 rings (SSSR count). The molecule has 0 heterocycles. The van der Waals surface area contributed by atoms with Crippen LogP contribution in [-0.4, -0.2) is 11.7 Å². The minimum atomic E-state index is 0.227. The summed E-state index contributed by atoms with van der Waals surface area (Å²) in [4.78, 5) is 0. The van der Waals surface area contributed by atoms with Crippen LogP contribution < -0.4 is 4.74 Å². The van der Waals surface area contributed by atoms with Gasteiger partial charge in [-0.25, -0.2) is 0 Å². The van der Waals surface area contributed by atoms with Crippen molar-refractivity contribution in [3.8, 4) is 11.5 Å². The van der Waals surface area contributed by atoms with E-state index < -0.39 is 0 Å². The first-order valence-electron chi connectivity index (χ1n) is 6.36. The quantitative estimate of drug-likeness (QED) is 0.692.